The van der Waals surface area contributed by atoms with Crippen LogP contribution in [0.1, 0.15) is 18.2 Å². The van der Waals surface area contributed by atoms with Crippen LogP contribution in [0.25, 0.3) is 10.8 Å². The van der Waals surface area contributed by atoms with E-state index < -0.39 is 22.4 Å². The fourth-order valence-electron chi connectivity index (χ4n) is 3.02. The summed E-state index contributed by atoms with van der Waals surface area (Å²) in [5, 5.41) is 16.0. The second-order valence-corrected chi connectivity index (χ2v) is 7.33. The topological polar surface area (TPSA) is 131 Å². The second-order valence-electron chi connectivity index (χ2n) is 6.47. The average molecular weight is 410 g/mol. The molecule has 1 N–H and O–H groups in total. The van der Waals surface area contributed by atoms with Gasteiger partial charge in [0.15, 0.2) is 10.8 Å². The van der Waals surface area contributed by atoms with Gasteiger partial charge in [-0.1, -0.05) is 12.1 Å². The molecular formula is C18H14N6O4S. The van der Waals surface area contributed by atoms with Crippen LogP contribution in [0.4, 0.5) is 10.5 Å². The Morgan fingerprint density at radius 3 is 2.72 bits per heavy atom. The van der Waals surface area contributed by atoms with Gasteiger partial charge < -0.3 is 5.32 Å². The molecule has 146 valence electrons. The molecule has 3 heterocycles. The summed E-state index contributed by atoms with van der Waals surface area (Å²) < 4.78 is 0. The third-order valence-corrected chi connectivity index (χ3v) is 5.43. The summed E-state index contributed by atoms with van der Waals surface area (Å²) in [4.78, 5) is 49.7. The van der Waals surface area contributed by atoms with Gasteiger partial charge in [0.25, 0.3) is 11.6 Å². The van der Waals surface area contributed by atoms with E-state index in [-0.39, 0.29) is 12.2 Å². The van der Waals surface area contributed by atoms with Gasteiger partial charge in [0.1, 0.15) is 5.54 Å². The Morgan fingerprint density at radius 2 is 2.00 bits per heavy atom. The number of carbonyl (C=O) groups is 2. The van der Waals surface area contributed by atoms with Gasteiger partial charge in [-0.3, -0.25) is 19.8 Å². The molecule has 4 rings (SSSR count). The first kappa shape index (κ1) is 18.6. The summed E-state index contributed by atoms with van der Waals surface area (Å²) in [6, 6.07) is 6.77. The molecule has 1 aliphatic rings. The number of carbonyl (C=O) groups excluding carboxylic acids is 2. The molecule has 1 aromatic carbocycles. The summed E-state index contributed by atoms with van der Waals surface area (Å²) in [7, 11) is 0. The molecule has 1 aliphatic heterocycles. The van der Waals surface area contributed by atoms with E-state index in [1.54, 1.807) is 29.9 Å². The summed E-state index contributed by atoms with van der Waals surface area (Å²) in [5.74, 6) is -0.0455. The molecule has 1 unspecified atom stereocenters. The summed E-state index contributed by atoms with van der Waals surface area (Å²) in [6.45, 7) is 1.50. The van der Waals surface area contributed by atoms with Crippen molar-refractivity contribution in [2.75, 3.05) is 0 Å². The fourth-order valence-corrected chi connectivity index (χ4v) is 3.78. The number of nitrogens with one attached hydrogen (secondary N) is 1. The quantitative estimate of drug-likeness (QED) is 0.388. The third-order valence-electron chi connectivity index (χ3n) is 4.54. The molecule has 0 spiro atoms. The number of hydrogen-bond acceptors (Lipinski definition) is 8. The average Bonchev–Trinajstić information content (AvgIpc) is 3.28. The maximum Gasteiger partial charge on any atom is 0.325 e. The first-order valence-electron chi connectivity index (χ1n) is 8.49. The highest BCUT2D eigenvalue weighted by atomic mass is 32.1. The minimum atomic E-state index is -1.40. The number of nitro benzene ring substituents is 1. The third kappa shape index (κ3) is 3.31. The number of nitro groups is 1. The van der Waals surface area contributed by atoms with E-state index in [0.717, 1.165) is 4.90 Å². The van der Waals surface area contributed by atoms with Crippen LogP contribution in [0.5, 0.6) is 0 Å². The van der Waals surface area contributed by atoms with Gasteiger partial charge >= 0.3 is 6.03 Å². The number of benzene rings is 1. The van der Waals surface area contributed by atoms with Crippen molar-refractivity contribution in [1.29, 1.82) is 0 Å². The highest BCUT2D eigenvalue weighted by Gasteiger charge is 2.49. The predicted octanol–water partition coefficient (Wildman–Crippen LogP) is 2.48. The number of aromatic nitrogens is 3. The molecule has 10 nitrogen and oxygen atoms in total. The number of non-ortho nitro benzene ring substituents is 1. The Labute approximate surface area is 168 Å². The van der Waals surface area contributed by atoms with Crippen LogP contribution in [0, 0.1) is 10.1 Å². The molecule has 0 saturated carbocycles. The molecule has 29 heavy (non-hydrogen) atoms. The Hall–Kier alpha value is -3.73. The Balaban J connectivity index is 1.58. The van der Waals surface area contributed by atoms with Crippen molar-refractivity contribution in [2.24, 2.45) is 0 Å². The van der Waals surface area contributed by atoms with Gasteiger partial charge in [-0.15, -0.1) is 11.3 Å². The Kier molecular flexibility index (Phi) is 4.51. The van der Waals surface area contributed by atoms with E-state index in [1.807, 2.05) is 0 Å². The molecule has 0 bridgehead atoms. The van der Waals surface area contributed by atoms with Gasteiger partial charge in [0.05, 0.1) is 17.2 Å². The van der Waals surface area contributed by atoms with Crippen molar-refractivity contribution in [2.45, 2.75) is 19.0 Å². The minimum Gasteiger partial charge on any atom is -0.319 e. The van der Waals surface area contributed by atoms with E-state index in [9.17, 15) is 19.7 Å². The van der Waals surface area contributed by atoms with Crippen LogP contribution in [0.3, 0.4) is 0 Å². The molecule has 1 saturated heterocycles. The van der Waals surface area contributed by atoms with E-state index in [2.05, 4.69) is 20.3 Å². The molecular weight excluding hydrogens is 396 g/mol. The van der Waals surface area contributed by atoms with Gasteiger partial charge in [-0.05, 0) is 18.6 Å². The fraction of sp³-hybridized carbons (Fsp3) is 0.167. The van der Waals surface area contributed by atoms with Crippen molar-refractivity contribution in [1.82, 2.24) is 25.2 Å². The maximum absolute atomic E-state index is 13.0. The number of urea groups is 1. The Morgan fingerprint density at radius 1 is 1.24 bits per heavy atom. The first-order chi connectivity index (χ1) is 13.9. The number of rotatable bonds is 5. The monoisotopic (exact) mass is 410 g/mol. The maximum atomic E-state index is 13.0. The van der Waals surface area contributed by atoms with Crippen LogP contribution >= 0.6 is 11.3 Å². The lowest BCUT2D eigenvalue weighted by atomic mass is 9.91. The summed E-state index contributed by atoms with van der Waals surface area (Å²) >= 11 is 1.31. The van der Waals surface area contributed by atoms with Crippen LogP contribution in [-0.2, 0) is 16.9 Å². The highest BCUT2D eigenvalue weighted by molar-refractivity contribution is 7.13. The lowest BCUT2D eigenvalue weighted by molar-refractivity contribution is -0.385. The van der Waals surface area contributed by atoms with Gasteiger partial charge in [-0.2, -0.15) is 0 Å². The summed E-state index contributed by atoms with van der Waals surface area (Å²) in [6.07, 6.45) is 3.21. The first-order valence-corrected chi connectivity index (χ1v) is 9.37. The van der Waals surface area contributed by atoms with Crippen LogP contribution in [0.15, 0.2) is 48.1 Å². The smallest absolute Gasteiger partial charge is 0.319 e. The normalized spacial score (nSPS) is 18.7. The van der Waals surface area contributed by atoms with Crippen LogP contribution in [-0.4, -0.2) is 36.7 Å². The zero-order valence-electron chi connectivity index (χ0n) is 15.1. The lowest BCUT2D eigenvalue weighted by Gasteiger charge is -2.21. The molecule has 3 aromatic rings. The largest absolute Gasteiger partial charge is 0.325 e. The molecule has 11 heteroatoms. The number of thiazole rings is 1. The SMILES string of the molecule is CC1(c2cccc([N+](=O)[O-])c2)NC(=O)N(Cc2csc(-c3ncccn3)n2)C1=O. The van der Waals surface area contributed by atoms with E-state index in [1.165, 1.54) is 36.5 Å². The van der Waals surface area contributed by atoms with Gasteiger partial charge in [-0.25, -0.2) is 19.7 Å². The summed E-state index contributed by atoms with van der Waals surface area (Å²) in [5.41, 5.74) is -0.700. The Bertz CT molecular complexity index is 1120. The number of amides is 3. The number of imide groups is 1. The molecule has 3 amide bonds. The van der Waals surface area contributed by atoms with Crippen molar-refractivity contribution < 1.29 is 14.5 Å². The predicted molar refractivity (Wildman–Crippen MR) is 103 cm³/mol. The van der Waals surface area contributed by atoms with Crippen LogP contribution < -0.4 is 5.32 Å². The second kappa shape index (κ2) is 7.02. The van der Waals surface area contributed by atoms with Crippen LogP contribution in [0.2, 0.25) is 0 Å². The zero-order valence-corrected chi connectivity index (χ0v) is 15.9. The van der Waals surface area contributed by atoms with E-state index >= 15 is 0 Å². The van der Waals surface area contributed by atoms with E-state index in [0.29, 0.717) is 22.1 Å². The van der Waals surface area contributed by atoms with Crippen molar-refractivity contribution >= 4 is 29.0 Å². The molecule has 0 radical (unpaired) electrons. The minimum absolute atomic E-state index is 0.0292. The standard InChI is InChI=1S/C18H14N6O4S/c1-18(11-4-2-5-13(8-11)24(27)28)16(25)23(17(26)22-18)9-12-10-29-15(21-12)14-19-6-3-7-20-14/h2-8,10H,9H2,1H3,(H,22,26). The number of nitrogens with zero attached hydrogens (tertiary/aromatic N) is 5. The van der Waals surface area contributed by atoms with Crippen molar-refractivity contribution in [3.05, 3.63) is 69.5 Å². The molecule has 2 aromatic heterocycles. The highest BCUT2D eigenvalue weighted by Crippen LogP contribution is 2.32. The molecule has 0 aliphatic carbocycles. The zero-order chi connectivity index (χ0) is 20.6. The van der Waals surface area contributed by atoms with Gasteiger partial charge in [0, 0.05) is 29.9 Å². The lowest BCUT2D eigenvalue weighted by Crippen LogP contribution is -2.40. The van der Waals surface area contributed by atoms with Gasteiger partial charge in [0.2, 0.25) is 0 Å². The number of hydrogen-bond donors (Lipinski definition) is 1. The van der Waals surface area contributed by atoms with E-state index in [4.69, 9.17) is 0 Å². The van der Waals surface area contributed by atoms with Crippen molar-refractivity contribution in [3.63, 3.8) is 0 Å². The molecule has 1 fully saturated rings. The van der Waals surface area contributed by atoms with Crippen molar-refractivity contribution in [3.8, 4) is 10.8 Å². The molecule has 1 atom stereocenters.